The number of nitrogens with one attached hydrogen (secondary N) is 1. The van der Waals surface area contributed by atoms with E-state index in [0.29, 0.717) is 39.8 Å². The molecule has 0 spiro atoms. The van der Waals surface area contributed by atoms with E-state index >= 15 is 0 Å². The summed E-state index contributed by atoms with van der Waals surface area (Å²) in [5.74, 6) is 1.52. The number of benzene rings is 1. The third kappa shape index (κ3) is 7.99. The molecule has 6 heterocycles. The molecule has 0 bridgehead atoms. The number of piperidine rings is 2. The molecule has 4 aromatic heterocycles. The first-order valence-corrected chi connectivity index (χ1v) is 19.2. The van der Waals surface area contributed by atoms with Crippen LogP contribution in [0, 0.1) is 17.1 Å². The summed E-state index contributed by atoms with van der Waals surface area (Å²) in [5.41, 5.74) is 4.51. The van der Waals surface area contributed by atoms with Gasteiger partial charge in [0.2, 0.25) is 0 Å². The number of hydrogen-bond acceptors (Lipinski definition) is 10. The van der Waals surface area contributed by atoms with Gasteiger partial charge in [0.05, 0.1) is 5.69 Å². The Hall–Kier alpha value is -5.06. The van der Waals surface area contributed by atoms with Crippen LogP contribution in [0.5, 0.6) is 0 Å². The number of nitrogens with zero attached hydrogens (tertiary/aromatic N) is 8. The van der Waals surface area contributed by atoms with E-state index in [2.05, 4.69) is 52.0 Å². The average Bonchev–Trinajstić information content (AvgIpc) is 3.76. The standard InChI is InChI=1S/C40H46FN9O2S/c1-6-32-37(47(5)38-46-36(33(23-42)53-38)26-7-11-29(41)12-8-26)50-25-28(10-14-35(50)45-32)27-9-13-34(43-24-27)48-19-15-30(16-20-48)44-31-17-21-49(22-18-31)39(51)52-40(2,3)4/h7-14,24-25,30-31,44H,6,15-22H2,1-5H3. The number of carbonyl (C=O) groups excluding carboxylic acids is 1. The van der Waals surface area contributed by atoms with E-state index < -0.39 is 5.60 Å². The lowest BCUT2D eigenvalue weighted by molar-refractivity contribution is 0.0195. The van der Waals surface area contributed by atoms with Gasteiger partial charge in [0, 0.05) is 74.4 Å². The number of amides is 1. The van der Waals surface area contributed by atoms with Crippen LogP contribution in [0.15, 0.2) is 60.9 Å². The van der Waals surface area contributed by atoms with Crippen LogP contribution in [0.3, 0.4) is 0 Å². The first-order chi connectivity index (χ1) is 25.5. The molecule has 0 unspecified atom stereocenters. The van der Waals surface area contributed by atoms with Crippen molar-refractivity contribution in [3.8, 4) is 28.5 Å². The summed E-state index contributed by atoms with van der Waals surface area (Å²) in [6.07, 6.45) is 8.50. The van der Waals surface area contributed by atoms with Crippen LogP contribution in [-0.4, -0.2) is 81.3 Å². The second kappa shape index (κ2) is 15.1. The largest absolute Gasteiger partial charge is 0.444 e. The number of fused-ring (bicyclic) bond motifs is 1. The maximum absolute atomic E-state index is 13.6. The minimum Gasteiger partial charge on any atom is -0.444 e. The number of likely N-dealkylation sites (tertiary alicyclic amines) is 1. The Morgan fingerprint density at radius 1 is 0.981 bits per heavy atom. The van der Waals surface area contributed by atoms with Gasteiger partial charge < -0.3 is 24.8 Å². The highest BCUT2D eigenvalue weighted by atomic mass is 32.1. The number of rotatable bonds is 8. The van der Waals surface area contributed by atoms with Crippen molar-refractivity contribution in [3.05, 3.63) is 77.3 Å². The van der Waals surface area contributed by atoms with Crippen molar-refractivity contribution in [2.75, 3.05) is 43.0 Å². The van der Waals surface area contributed by atoms with Crippen LogP contribution >= 0.6 is 11.3 Å². The van der Waals surface area contributed by atoms with Gasteiger partial charge >= 0.3 is 6.09 Å². The maximum Gasteiger partial charge on any atom is 0.410 e. The predicted molar refractivity (Wildman–Crippen MR) is 207 cm³/mol. The van der Waals surface area contributed by atoms with Crippen molar-refractivity contribution >= 4 is 39.8 Å². The summed E-state index contributed by atoms with van der Waals surface area (Å²) >= 11 is 1.30. The van der Waals surface area contributed by atoms with Gasteiger partial charge in [-0.05, 0) is 101 Å². The van der Waals surface area contributed by atoms with Gasteiger partial charge in [0.1, 0.15) is 45.3 Å². The van der Waals surface area contributed by atoms with E-state index in [-0.39, 0.29) is 11.9 Å². The quantitative estimate of drug-likeness (QED) is 0.170. The Bertz CT molecular complexity index is 2100. The first kappa shape index (κ1) is 36.3. The summed E-state index contributed by atoms with van der Waals surface area (Å²) in [6, 6.07) is 17.5. The second-order valence-corrected chi connectivity index (χ2v) is 15.8. The molecule has 53 heavy (non-hydrogen) atoms. The molecule has 2 saturated heterocycles. The number of anilines is 3. The van der Waals surface area contributed by atoms with Crippen LogP contribution in [0.25, 0.3) is 28.0 Å². The lowest BCUT2D eigenvalue weighted by atomic mass is 9.99. The Morgan fingerprint density at radius 2 is 1.64 bits per heavy atom. The van der Waals surface area contributed by atoms with E-state index in [1.165, 1.54) is 23.5 Å². The Morgan fingerprint density at radius 3 is 2.26 bits per heavy atom. The average molecular weight is 736 g/mol. The zero-order valence-electron chi connectivity index (χ0n) is 31.0. The van der Waals surface area contributed by atoms with E-state index in [4.69, 9.17) is 19.7 Å². The van der Waals surface area contributed by atoms with E-state index in [1.54, 1.807) is 12.1 Å². The molecule has 1 aromatic carbocycles. The molecule has 0 radical (unpaired) electrons. The number of pyridine rings is 2. The zero-order chi connectivity index (χ0) is 37.3. The van der Waals surface area contributed by atoms with Gasteiger partial charge in [-0.1, -0.05) is 18.3 Å². The third-order valence-electron chi connectivity index (χ3n) is 9.96. The number of aryl methyl sites for hydroxylation is 1. The zero-order valence-corrected chi connectivity index (χ0v) is 31.8. The van der Waals surface area contributed by atoms with Crippen LogP contribution in [0.1, 0.15) is 63.9 Å². The van der Waals surface area contributed by atoms with Crippen molar-refractivity contribution in [2.45, 2.75) is 77.5 Å². The number of hydrogen-bond donors (Lipinski definition) is 1. The Labute approximate surface area is 314 Å². The van der Waals surface area contributed by atoms with E-state index in [0.717, 1.165) is 86.0 Å². The highest BCUT2D eigenvalue weighted by molar-refractivity contribution is 7.16. The molecule has 11 nitrogen and oxygen atoms in total. The number of nitriles is 1. The summed E-state index contributed by atoms with van der Waals surface area (Å²) < 4.78 is 21.2. The van der Waals surface area contributed by atoms with Gasteiger partial charge in [0.25, 0.3) is 0 Å². The number of imidazole rings is 1. The minimum atomic E-state index is -0.473. The van der Waals surface area contributed by atoms with Crippen molar-refractivity contribution < 1.29 is 13.9 Å². The van der Waals surface area contributed by atoms with E-state index in [9.17, 15) is 14.4 Å². The molecule has 1 amide bonds. The monoisotopic (exact) mass is 735 g/mol. The van der Waals surface area contributed by atoms with Crippen molar-refractivity contribution in [3.63, 3.8) is 0 Å². The maximum atomic E-state index is 13.6. The molecule has 1 N–H and O–H groups in total. The van der Waals surface area contributed by atoms with Crippen LogP contribution in [0.2, 0.25) is 0 Å². The van der Waals surface area contributed by atoms with Crippen molar-refractivity contribution in [2.24, 2.45) is 0 Å². The van der Waals surface area contributed by atoms with Gasteiger partial charge in [0.15, 0.2) is 5.13 Å². The molecule has 276 valence electrons. The summed E-state index contributed by atoms with van der Waals surface area (Å²) in [5, 5.41) is 14.4. The summed E-state index contributed by atoms with van der Waals surface area (Å²) in [6.45, 7) is 11.1. The normalized spacial score (nSPS) is 15.9. The molecule has 13 heteroatoms. The van der Waals surface area contributed by atoms with Crippen LogP contribution < -0.4 is 15.1 Å². The van der Waals surface area contributed by atoms with Gasteiger partial charge in [-0.3, -0.25) is 4.40 Å². The molecular formula is C40H46FN9O2S. The highest BCUT2D eigenvalue weighted by Gasteiger charge is 2.29. The second-order valence-electron chi connectivity index (χ2n) is 14.8. The fraction of sp³-hybridized carbons (Fsp3) is 0.425. The minimum absolute atomic E-state index is 0.213. The number of halogens is 1. The number of carbonyl (C=O) groups is 1. The fourth-order valence-electron chi connectivity index (χ4n) is 7.17. The Kier molecular flexibility index (Phi) is 10.4. The van der Waals surface area contributed by atoms with E-state index in [1.807, 2.05) is 49.9 Å². The third-order valence-corrected chi connectivity index (χ3v) is 11.0. The number of aromatic nitrogens is 4. The van der Waals surface area contributed by atoms with Gasteiger partial charge in [-0.25, -0.2) is 24.1 Å². The van der Waals surface area contributed by atoms with Gasteiger partial charge in [-0.15, -0.1) is 0 Å². The predicted octanol–water partition coefficient (Wildman–Crippen LogP) is 7.82. The van der Waals surface area contributed by atoms with Crippen LogP contribution in [-0.2, 0) is 11.2 Å². The molecule has 2 fully saturated rings. The van der Waals surface area contributed by atoms with Crippen molar-refractivity contribution in [1.82, 2.24) is 29.6 Å². The first-order valence-electron chi connectivity index (χ1n) is 18.4. The number of ether oxygens (including phenoxy) is 1. The SMILES string of the molecule is CCc1nc2ccc(-c3ccc(N4CCC(NC5CCN(C(=O)OC(C)(C)C)CC5)CC4)nc3)cn2c1N(C)c1nc(-c2ccc(F)cc2)c(C#N)s1. The molecule has 2 aliphatic heterocycles. The van der Waals surface area contributed by atoms with Crippen molar-refractivity contribution in [1.29, 1.82) is 5.26 Å². The molecule has 5 aromatic rings. The Balaban J connectivity index is 1.00. The molecule has 0 atom stereocenters. The summed E-state index contributed by atoms with van der Waals surface area (Å²) in [4.78, 5) is 33.7. The lowest BCUT2D eigenvalue weighted by Crippen LogP contribution is -2.51. The fourth-order valence-corrected chi connectivity index (χ4v) is 8.02. The summed E-state index contributed by atoms with van der Waals surface area (Å²) in [7, 11) is 1.94. The topological polar surface area (TPSA) is 115 Å². The molecule has 0 saturated carbocycles. The smallest absolute Gasteiger partial charge is 0.410 e. The molecule has 0 aliphatic carbocycles. The molecular weight excluding hydrogens is 690 g/mol. The number of thiazole rings is 1. The van der Waals surface area contributed by atoms with Gasteiger partial charge in [-0.2, -0.15) is 5.26 Å². The lowest BCUT2D eigenvalue weighted by Gasteiger charge is -2.38. The molecule has 7 rings (SSSR count). The highest BCUT2D eigenvalue weighted by Crippen LogP contribution is 2.37. The van der Waals surface area contributed by atoms with Crippen LogP contribution in [0.4, 0.5) is 26.0 Å². The molecule has 2 aliphatic rings.